The van der Waals surface area contributed by atoms with Crippen LogP contribution in [0.15, 0.2) is 72.8 Å². The molecule has 0 heterocycles. The molecule has 0 aromatic heterocycles. The van der Waals surface area contributed by atoms with Gasteiger partial charge in [0.1, 0.15) is 5.75 Å². The van der Waals surface area contributed by atoms with Crippen molar-refractivity contribution in [2.75, 3.05) is 6.61 Å². The van der Waals surface area contributed by atoms with Crippen molar-refractivity contribution in [1.29, 1.82) is 0 Å². The molecule has 1 N–H and O–H groups in total. The minimum Gasteiger partial charge on any atom is -0.482 e. The van der Waals surface area contributed by atoms with Crippen molar-refractivity contribution < 1.29 is 19.1 Å². The summed E-state index contributed by atoms with van der Waals surface area (Å²) in [4.78, 5) is 24.4. The number of carbonyl (C=O) groups excluding carboxylic acids is 2. The zero-order valence-corrected chi connectivity index (χ0v) is 17.3. The van der Waals surface area contributed by atoms with Crippen LogP contribution in [0.1, 0.15) is 25.8 Å². The van der Waals surface area contributed by atoms with Gasteiger partial charge in [0.15, 0.2) is 12.7 Å². The molecule has 0 spiro atoms. The highest BCUT2D eigenvalue weighted by Crippen LogP contribution is 2.20. The summed E-state index contributed by atoms with van der Waals surface area (Å²) in [5.41, 5.74) is 1.23. The van der Waals surface area contributed by atoms with E-state index in [0.29, 0.717) is 5.75 Å². The third-order valence-electron chi connectivity index (χ3n) is 4.85. The Morgan fingerprint density at radius 2 is 1.60 bits per heavy atom. The van der Waals surface area contributed by atoms with Gasteiger partial charge in [-0.25, -0.2) is 4.79 Å². The maximum absolute atomic E-state index is 12.3. The van der Waals surface area contributed by atoms with E-state index in [0.717, 1.165) is 23.6 Å². The van der Waals surface area contributed by atoms with Gasteiger partial charge in [-0.15, -0.1) is 0 Å². The Balaban J connectivity index is 1.40. The Morgan fingerprint density at radius 3 is 2.37 bits per heavy atom. The molecule has 0 aliphatic carbocycles. The lowest BCUT2D eigenvalue weighted by molar-refractivity contribution is -0.156. The number of rotatable bonds is 9. The van der Waals surface area contributed by atoms with Crippen LogP contribution in [-0.4, -0.2) is 30.6 Å². The molecule has 156 valence electrons. The molecule has 1 amide bonds. The molecule has 0 fully saturated rings. The van der Waals surface area contributed by atoms with E-state index in [1.807, 2.05) is 61.5 Å². The molecule has 3 aromatic carbocycles. The fourth-order valence-electron chi connectivity index (χ4n) is 3.14. The van der Waals surface area contributed by atoms with Crippen LogP contribution in [0, 0.1) is 0 Å². The Kier molecular flexibility index (Phi) is 7.44. The Hall–Kier alpha value is -3.34. The Morgan fingerprint density at radius 1 is 0.900 bits per heavy atom. The van der Waals surface area contributed by atoms with Gasteiger partial charge in [0, 0.05) is 6.04 Å². The fraction of sp³-hybridized carbons (Fsp3) is 0.280. The highest BCUT2D eigenvalue weighted by atomic mass is 16.6. The topological polar surface area (TPSA) is 64.6 Å². The molecule has 0 saturated carbocycles. The van der Waals surface area contributed by atoms with Gasteiger partial charge >= 0.3 is 5.97 Å². The molecule has 3 rings (SSSR count). The van der Waals surface area contributed by atoms with E-state index in [1.54, 1.807) is 13.0 Å². The third kappa shape index (κ3) is 6.34. The van der Waals surface area contributed by atoms with Crippen molar-refractivity contribution in [2.24, 2.45) is 0 Å². The number of fused-ring (bicyclic) bond motifs is 1. The molecule has 5 heteroatoms. The number of hydrogen-bond acceptors (Lipinski definition) is 4. The number of esters is 1. The summed E-state index contributed by atoms with van der Waals surface area (Å²) in [5.74, 6) is -0.311. The third-order valence-corrected chi connectivity index (χ3v) is 4.85. The van der Waals surface area contributed by atoms with Crippen LogP contribution in [0.5, 0.6) is 5.75 Å². The number of amides is 1. The van der Waals surface area contributed by atoms with Gasteiger partial charge in [0.25, 0.3) is 5.91 Å². The molecule has 0 bridgehead atoms. The summed E-state index contributed by atoms with van der Waals surface area (Å²) in [6.45, 7) is 3.25. The summed E-state index contributed by atoms with van der Waals surface area (Å²) < 4.78 is 10.7. The molecule has 0 unspecified atom stereocenters. The zero-order chi connectivity index (χ0) is 21.3. The van der Waals surface area contributed by atoms with Gasteiger partial charge in [-0.1, -0.05) is 60.7 Å². The van der Waals surface area contributed by atoms with E-state index in [2.05, 4.69) is 17.4 Å². The average Bonchev–Trinajstić information content (AvgIpc) is 2.76. The summed E-state index contributed by atoms with van der Waals surface area (Å²) in [7, 11) is 0. The summed E-state index contributed by atoms with van der Waals surface area (Å²) in [6, 6.07) is 23.6. The molecular formula is C25H27NO4. The molecule has 0 radical (unpaired) electrons. The molecule has 0 aliphatic rings. The minimum absolute atomic E-state index is 0.0206. The largest absolute Gasteiger partial charge is 0.482 e. The number of benzene rings is 3. The van der Waals surface area contributed by atoms with Gasteiger partial charge in [-0.2, -0.15) is 0 Å². The first-order valence-corrected chi connectivity index (χ1v) is 10.2. The lowest BCUT2D eigenvalue weighted by atomic mass is 10.1. The fourth-order valence-corrected chi connectivity index (χ4v) is 3.14. The number of aryl methyl sites for hydroxylation is 1. The maximum Gasteiger partial charge on any atom is 0.344 e. The molecule has 5 nitrogen and oxygen atoms in total. The zero-order valence-electron chi connectivity index (χ0n) is 17.3. The normalized spacial score (nSPS) is 12.7. The van der Waals surface area contributed by atoms with E-state index >= 15 is 0 Å². The van der Waals surface area contributed by atoms with Crippen LogP contribution in [-0.2, 0) is 20.7 Å². The number of carbonyl (C=O) groups is 2. The van der Waals surface area contributed by atoms with Crippen molar-refractivity contribution in [3.8, 4) is 5.75 Å². The Labute approximate surface area is 177 Å². The molecule has 30 heavy (non-hydrogen) atoms. The smallest absolute Gasteiger partial charge is 0.344 e. The first-order chi connectivity index (χ1) is 14.5. The summed E-state index contributed by atoms with van der Waals surface area (Å²) >= 11 is 0. The van der Waals surface area contributed by atoms with Crippen molar-refractivity contribution in [2.45, 2.75) is 38.8 Å². The first-order valence-electron chi connectivity index (χ1n) is 10.2. The van der Waals surface area contributed by atoms with Crippen LogP contribution < -0.4 is 10.1 Å². The second-order valence-corrected chi connectivity index (χ2v) is 7.36. The van der Waals surface area contributed by atoms with E-state index in [4.69, 9.17) is 9.47 Å². The standard InChI is InChI=1S/C25H27NO4/c1-18(12-13-20-8-4-3-5-9-20)26-25(28)19(2)30-24(27)17-29-23-15-14-21-10-6-7-11-22(21)16-23/h3-11,14-16,18-19H,12-13,17H2,1-2H3,(H,26,28)/t18-,19+/m0/s1. The Bertz CT molecular complexity index is 987. The van der Waals surface area contributed by atoms with Crippen LogP contribution in [0.4, 0.5) is 0 Å². The van der Waals surface area contributed by atoms with Crippen molar-refractivity contribution >= 4 is 22.6 Å². The van der Waals surface area contributed by atoms with E-state index in [9.17, 15) is 9.59 Å². The molecule has 0 aliphatic heterocycles. The predicted molar refractivity (Wildman–Crippen MR) is 117 cm³/mol. The first kappa shape index (κ1) is 21.4. The number of hydrogen-bond donors (Lipinski definition) is 1. The lowest BCUT2D eigenvalue weighted by Crippen LogP contribution is -2.41. The van der Waals surface area contributed by atoms with Crippen LogP contribution in [0.3, 0.4) is 0 Å². The number of nitrogens with one attached hydrogen (secondary N) is 1. The van der Waals surface area contributed by atoms with Gasteiger partial charge in [-0.3, -0.25) is 4.79 Å². The summed E-state index contributed by atoms with van der Waals surface area (Å²) in [5, 5.41) is 5.02. The van der Waals surface area contributed by atoms with Crippen LogP contribution in [0.2, 0.25) is 0 Å². The van der Waals surface area contributed by atoms with Crippen molar-refractivity contribution in [1.82, 2.24) is 5.32 Å². The summed E-state index contributed by atoms with van der Waals surface area (Å²) in [6.07, 6.45) is 0.800. The highest BCUT2D eigenvalue weighted by molar-refractivity contribution is 5.85. The van der Waals surface area contributed by atoms with E-state index in [1.165, 1.54) is 5.56 Å². The molecule has 0 saturated heterocycles. The predicted octanol–water partition coefficient (Wildman–Crippen LogP) is 4.29. The maximum atomic E-state index is 12.3. The number of ether oxygens (including phenoxy) is 2. The quantitative estimate of drug-likeness (QED) is 0.540. The SMILES string of the molecule is C[C@@H](CCc1ccccc1)NC(=O)[C@@H](C)OC(=O)COc1ccc2ccccc2c1. The van der Waals surface area contributed by atoms with Gasteiger partial charge < -0.3 is 14.8 Å². The van der Waals surface area contributed by atoms with Gasteiger partial charge in [0.05, 0.1) is 0 Å². The minimum atomic E-state index is -0.878. The van der Waals surface area contributed by atoms with E-state index in [-0.39, 0.29) is 18.6 Å². The monoisotopic (exact) mass is 405 g/mol. The second-order valence-electron chi connectivity index (χ2n) is 7.36. The van der Waals surface area contributed by atoms with Crippen molar-refractivity contribution in [3.63, 3.8) is 0 Å². The second kappa shape index (κ2) is 10.4. The average molecular weight is 405 g/mol. The molecule has 2 atom stereocenters. The lowest BCUT2D eigenvalue weighted by Gasteiger charge is -2.18. The highest BCUT2D eigenvalue weighted by Gasteiger charge is 2.19. The van der Waals surface area contributed by atoms with Crippen LogP contribution in [0.25, 0.3) is 10.8 Å². The van der Waals surface area contributed by atoms with Gasteiger partial charge in [0.2, 0.25) is 0 Å². The molecule has 3 aromatic rings. The van der Waals surface area contributed by atoms with Gasteiger partial charge in [-0.05, 0) is 55.2 Å². The molecular weight excluding hydrogens is 378 g/mol. The van der Waals surface area contributed by atoms with Crippen LogP contribution >= 0.6 is 0 Å². The van der Waals surface area contributed by atoms with E-state index < -0.39 is 12.1 Å². The van der Waals surface area contributed by atoms with Crippen molar-refractivity contribution in [3.05, 3.63) is 78.4 Å².